The molecule has 5 nitrogen and oxygen atoms in total. The molecule has 0 saturated heterocycles. The van der Waals surface area contributed by atoms with E-state index in [0.717, 1.165) is 23.3 Å². The van der Waals surface area contributed by atoms with Gasteiger partial charge in [0.25, 0.3) is 0 Å². The number of carbonyl (C=O) groups excluding carboxylic acids is 1. The normalized spacial score (nSPS) is 11.8. The van der Waals surface area contributed by atoms with Crippen molar-refractivity contribution < 1.29 is 18.0 Å². The number of halogens is 3. The van der Waals surface area contributed by atoms with Gasteiger partial charge in [-0.25, -0.2) is 0 Å². The molecular formula is C21H25F3N4O. The molecular weight excluding hydrogens is 381 g/mol. The summed E-state index contributed by atoms with van der Waals surface area (Å²) >= 11 is 0. The number of rotatable bonds is 8. The van der Waals surface area contributed by atoms with E-state index in [0.29, 0.717) is 38.4 Å². The van der Waals surface area contributed by atoms with Crippen molar-refractivity contribution in [1.29, 1.82) is 0 Å². The second-order valence-corrected chi connectivity index (χ2v) is 6.38. The molecule has 0 radical (unpaired) electrons. The van der Waals surface area contributed by atoms with Crippen LogP contribution in [0, 0.1) is 0 Å². The van der Waals surface area contributed by atoms with Crippen LogP contribution in [0.15, 0.2) is 59.6 Å². The number of alkyl halides is 3. The first-order chi connectivity index (χ1) is 13.9. The molecule has 156 valence electrons. The third kappa shape index (κ3) is 8.25. The van der Waals surface area contributed by atoms with E-state index in [2.05, 4.69) is 20.9 Å². The summed E-state index contributed by atoms with van der Waals surface area (Å²) in [6.07, 6.45) is -3.47. The first-order valence-electron chi connectivity index (χ1n) is 9.30. The quantitative estimate of drug-likeness (QED) is 0.466. The van der Waals surface area contributed by atoms with Crippen LogP contribution in [-0.2, 0) is 23.9 Å². The molecule has 0 heterocycles. The Morgan fingerprint density at radius 3 is 2.17 bits per heavy atom. The van der Waals surface area contributed by atoms with Crippen LogP contribution >= 0.6 is 0 Å². The van der Waals surface area contributed by atoms with E-state index in [9.17, 15) is 18.0 Å². The predicted octanol–water partition coefficient (Wildman–Crippen LogP) is 3.12. The number of hydrogen-bond donors (Lipinski definition) is 3. The first-order valence-corrected chi connectivity index (χ1v) is 9.30. The SMILES string of the molecule is CN=C(NCCC(=O)NCc1ccccc1)NCCc1ccc(C(F)(F)F)cc1. The molecule has 0 unspecified atom stereocenters. The van der Waals surface area contributed by atoms with Gasteiger partial charge >= 0.3 is 6.18 Å². The second-order valence-electron chi connectivity index (χ2n) is 6.38. The van der Waals surface area contributed by atoms with Gasteiger partial charge in [0.2, 0.25) is 5.91 Å². The van der Waals surface area contributed by atoms with Gasteiger partial charge < -0.3 is 16.0 Å². The Labute approximate surface area is 168 Å². The van der Waals surface area contributed by atoms with Crippen molar-refractivity contribution in [2.24, 2.45) is 4.99 Å². The van der Waals surface area contributed by atoms with Crippen molar-refractivity contribution in [3.63, 3.8) is 0 Å². The van der Waals surface area contributed by atoms with E-state index in [1.54, 1.807) is 7.05 Å². The summed E-state index contributed by atoms with van der Waals surface area (Å²) in [7, 11) is 1.61. The smallest absolute Gasteiger partial charge is 0.356 e. The highest BCUT2D eigenvalue weighted by atomic mass is 19.4. The van der Waals surface area contributed by atoms with E-state index in [1.807, 2.05) is 30.3 Å². The molecule has 0 bridgehead atoms. The Morgan fingerprint density at radius 1 is 0.897 bits per heavy atom. The molecule has 0 aliphatic heterocycles. The zero-order valence-electron chi connectivity index (χ0n) is 16.2. The van der Waals surface area contributed by atoms with Crippen LogP contribution in [-0.4, -0.2) is 32.0 Å². The molecule has 0 aromatic heterocycles. The van der Waals surface area contributed by atoms with Gasteiger partial charge in [-0.15, -0.1) is 0 Å². The third-order valence-electron chi connectivity index (χ3n) is 4.19. The van der Waals surface area contributed by atoms with Crippen LogP contribution < -0.4 is 16.0 Å². The minimum Gasteiger partial charge on any atom is -0.356 e. The van der Waals surface area contributed by atoms with E-state index < -0.39 is 11.7 Å². The topological polar surface area (TPSA) is 65.5 Å². The van der Waals surface area contributed by atoms with Crippen LogP contribution in [0.2, 0.25) is 0 Å². The highest BCUT2D eigenvalue weighted by Crippen LogP contribution is 2.29. The predicted molar refractivity (Wildman–Crippen MR) is 107 cm³/mol. The fraction of sp³-hybridized carbons (Fsp3) is 0.333. The van der Waals surface area contributed by atoms with Crippen molar-refractivity contribution in [3.8, 4) is 0 Å². The fourth-order valence-corrected chi connectivity index (χ4v) is 2.59. The molecule has 1 amide bonds. The zero-order chi connectivity index (χ0) is 21.1. The molecule has 2 aromatic carbocycles. The monoisotopic (exact) mass is 406 g/mol. The van der Waals surface area contributed by atoms with Crippen LogP contribution in [0.5, 0.6) is 0 Å². The number of nitrogens with one attached hydrogen (secondary N) is 3. The van der Waals surface area contributed by atoms with Crippen molar-refractivity contribution in [3.05, 3.63) is 71.3 Å². The summed E-state index contributed by atoms with van der Waals surface area (Å²) in [6.45, 7) is 1.41. The molecule has 0 atom stereocenters. The second kappa shape index (κ2) is 11.1. The van der Waals surface area contributed by atoms with Gasteiger partial charge in [-0.1, -0.05) is 42.5 Å². The molecule has 8 heteroatoms. The molecule has 2 rings (SSSR count). The van der Waals surface area contributed by atoms with E-state index in [1.165, 1.54) is 12.1 Å². The molecule has 3 N–H and O–H groups in total. The lowest BCUT2D eigenvalue weighted by atomic mass is 10.1. The summed E-state index contributed by atoms with van der Waals surface area (Å²) in [5, 5.41) is 8.97. The summed E-state index contributed by atoms with van der Waals surface area (Å²) in [4.78, 5) is 16.0. The fourth-order valence-electron chi connectivity index (χ4n) is 2.59. The first kappa shape index (κ1) is 22.3. The third-order valence-corrected chi connectivity index (χ3v) is 4.19. The molecule has 0 spiro atoms. The summed E-state index contributed by atoms with van der Waals surface area (Å²) < 4.78 is 37.7. The van der Waals surface area contributed by atoms with Crippen LogP contribution in [0.3, 0.4) is 0 Å². The highest BCUT2D eigenvalue weighted by molar-refractivity contribution is 5.81. The van der Waals surface area contributed by atoms with Crippen molar-refractivity contribution in [2.45, 2.75) is 25.6 Å². The number of benzene rings is 2. The van der Waals surface area contributed by atoms with Gasteiger partial charge in [-0.3, -0.25) is 9.79 Å². The van der Waals surface area contributed by atoms with Gasteiger partial charge in [0.15, 0.2) is 5.96 Å². The Balaban J connectivity index is 1.64. The molecule has 29 heavy (non-hydrogen) atoms. The summed E-state index contributed by atoms with van der Waals surface area (Å²) in [6, 6.07) is 14.8. The standard InChI is InChI=1S/C21H25F3N4O/c1-25-20(26-13-11-16-7-9-18(10-8-16)21(22,23)24)27-14-12-19(29)28-15-17-5-3-2-4-6-17/h2-10H,11-15H2,1H3,(H,28,29)(H2,25,26,27). The maximum absolute atomic E-state index is 12.6. The van der Waals surface area contributed by atoms with Crippen molar-refractivity contribution in [1.82, 2.24) is 16.0 Å². The van der Waals surface area contributed by atoms with Crippen LogP contribution in [0.25, 0.3) is 0 Å². The number of carbonyl (C=O) groups is 1. The van der Waals surface area contributed by atoms with Crippen molar-refractivity contribution >= 4 is 11.9 Å². The van der Waals surface area contributed by atoms with Gasteiger partial charge in [0, 0.05) is 33.1 Å². The van der Waals surface area contributed by atoms with Gasteiger partial charge in [-0.05, 0) is 29.7 Å². The zero-order valence-corrected chi connectivity index (χ0v) is 16.2. The van der Waals surface area contributed by atoms with Gasteiger partial charge in [-0.2, -0.15) is 13.2 Å². The van der Waals surface area contributed by atoms with Gasteiger partial charge in [0.05, 0.1) is 5.56 Å². The lowest BCUT2D eigenvalue weighted by molar-refractivity contribution is -0.137. The van der Waals surface area contributed by atoms with E-state index >= 15 is 0 Å². The van der Waals surface area contributed by atoms with Gasteiger partial charge in [0.1, 0.15) is 0 Å². The molecule has 2 aromatic rings. The molecule has 0 fully saturated rings. The minimum absolute atomic E-state index is 0.0680. The molecule has 0 aliphatic rings. The number of aliphatic imine (C=N–C) groups is 1. The average molecular weight is 406 g/mol. The van der Waals surface area contributed by atoms with Crippen LogP contribution in [0.1, 0.15) is 23.1 Å². The van der Waals surface area contributed by atoms with E-state index in [4.69, 9.17) is 0 Å². The average Bonchev–Trinajstić information content (AvgIpc) is 2.71. The van der Waals surface area contributed by atoms with Crippen LogP contribution in [0.4, 0.5) is 13.2 Å². The lowest BCUT2D eigenvalue weighted by Crippen LogP contribution is -2.40. The maximum atomic E-state index is 12.6. The van der Waals surface area contributed by atoms with E-state index in [-0.39, 0.29) is 5.91 Å². The maximum Gasteiger partial charge on any atom is 0.416 e. The Morgan fingerprint density at radius 2 is 1.55 bits per heavy atom. The molecule has 0 saturated carbocycles. The van der Waals surface area contributed by atoms with Crippen molar-refractivity contribution in [2.75, 3.05) is 20.1 Å². The number of guanidine groups is 1. The Kier molecular flexibility index (Phi) is 8.51. The minimum atomic E-state index is -4.32. The number of nitrogens with zero attached hydrogens (tertiary/aromatic N) is 1. The Hall–Kier alpha value is -3.03. The highest BCUT2D eigenvalue weighted by Gasteiger charge is 2.29. The largest absolute Gasteiger partial charge is 0.416 e. The Bertz CT molecular complexity index is 790. The number of amides is 1. The lowest BCUT2D eigenvalue weighted by Gasteiger charge is -2.12. The summed E-state index contributed by atoms with van der Waals surface area (Å²) in [5.41, 5.74) is 1.17. The number of hydrogen-bond acceptors (Lipinski definition) is 2. The summed E-state index contributed by atoms with van der Waals surface area (Å²) in [5.74, 6) is 0.467. The molecule has 0 aliphatic carbocycles.